The van der Waals surface area contributed by atoms with Crippen LogP contribution in [0.2, 0.25) is 0 Å². The van der Waals surface area contributed by atoms with Crippen molar-refractivity contribution in [3.8, 4) is 22.8 Å². The number of carbonyl (C=O) groups excluding carboxylic acids is 2. The van der Waals surface area contributed by atoms with Crippen LogP contribution in [0.15, 0.2) is 41.9 Å². The van der Waals surface area contributed by atoms with E-state index in [1.807, 2.05) is 23.6 Å². The van der Waals surface area contributed by atoms with E-state index in [1.54, 1.807) is 37.1 Å². The molecule has 0 saturated carbocycles. The quantitative estimate of drug-likeness (QED) is 0.601. The van der Waals surface area contributed by atoms with Gasteiger partial charge in [0, 0.05) is 30.1 Å². The van der Waals surface area contributed by atoms with Crippen molar-refractivity contribution < 1.29 is 19.1 Å². The fraction of sp³-hybridized carbons (Fsp3) is 0.211. The smallest absolute Gasteiger partial charge is 0.227 e. The van der Waals surface area contributed by atoms with Gasteiger partial charge in [-0.15, -0.1) is 11.3 Å². The van der Waals surface area contributed by atoms with Gasteiger partial charge in [-0.3, -0.25) is 9.59 Å². The lowest BCUT2D eigenvalue weighted by Crippen LogP contribution is -2.14. The maximum atomic E-state index is 12.2. The van der Waals surface area contributed by atoms with Gasteiger partial charge in [0.05, 0.1) is 25.6 Å². The molecule has 1 amide bonds. The highest BCUT2D eigenvalue weighted by atomic mass is 32.1. The van der Waals surface area contributed by atoms with Crippen LogP contribution in [0.4, 0.5) is 5.13 Å². The number of ether oxygens (including phenoxy) is 2. The third kappa shape index (κ3) is 4.35. The number of benzene rings is 1. The summed E-state index contributed by atoms with van der Waals surface area (Å²) in [5.41, 5.74) is 2.03. The number of anilines is 1. The number of aromatic nitrogens is 2. The Bertz CT molecular complexity index is 948. The number of rotatable bonds is 8. The molecule has 8 heteroatoms. The number of hydrogen-bond donors (Lipinski definition) is 1. The first-order chi connectivity index (χ1) is 13.1. The number of hydrogen-bond acceptors (Lipinski definition) is 6. The number of thiazole rings is 1. The molecule has 7 nitrogen and oxygen atoms in total. The molecule has 0 unspecified atom stereocenters. The minimum absolute atomic E-state index is 0.168. The Balaban J connectivity index is 1.67. The highest BCUT2D eigenvalue weighted by Gasteiger charge is 2.13. The highest BCUT2D eigenvalue weighted by Crippen LogP contribution is 2.35. The lowest BCUT2D eigenvalue weighted by Gasteiger charge is -2.08. The van der Waals surface area contributed by atoms with Gasteiger partial charge >= 0.3 is 0 Å². The average molecular weight is 385 g/mol. The van der Waals surface area contributed by atoms with Crippen LogP contribution in [0.1, 0.15) is 16.9 Å². The fourth-order valence-corrected chi connectivity index (χ4v) is 3.34. The molecule has 1 N–H and O–H groups in total. The van der Waals surface area contributed by atoms with E-state index < -0.39 is 0 Å². The molecule has 0 aliphatic carbocycles. The molecular formula is C19H19N3O4S. The molecule has 3 aromatic rings. The van der Waals surface area contributed by atoms with Gasteiger partial charge in [0.15, 0.2) is 11.4 Å². The van der Waals surface area contributed by atoms with Crippen molar-refractivity contribution in [2.24, 2.45) is 0 Å². The highest BCUT2D eigenvalue weighted by molar-refractivity contribution is 7.14. The molecule has 0 saturated heterocycles. The standard InChI is InChI=1S/C19H19N3O4S/c1-25-14-5-6-17(26-2)15(10-14)16-12-27-19(20-16)21-18(24)7-9-22-8-3-4-13(22)11-23/h3-6,8,10-12H,7,9H2,1-2H3,(H,20,21,24). The first-order valence-corrected chi connectivity index (χ1v) is 9.10. The van der Waals surface area contributed by atoms with Crippen molar-refractivity contribution >= 4 is 28.7 Å². The first-order valence-electron chi connectivity index (χ1n) is 8.22. The zero-order valence-corrected chi connectivity index (χ0v) is 15.8. The van der Waals surface area contributed by atoms with Gasteiger partial charge in [0.1, 0.15) is 11.5 Å². The molecule has 27 heavy (non-hydrogen) atoms. The lowest BCUT2D eigenvalue weighted by atomic mass is 10.1. The van der Waals surface area contributed by atoms with E-state index in [2.05, 4.69) is 10.3 Å². The SMILES string of the molecule is COc1ccc(OC)c(-c2csc(NC(=O)CCn3cccc3C=O)n2)c1. The fourth-order valence-electron chi connectivity index (χ4n) is 2.61. The summed E-state index contributed by atoms with van der Waals surface area (Å²) in [6.45, 7) is 0.425. The second-order valence-corrected chi connectivity index (χ2v) is 6.50. The normalized spacial score (nSPS) is 10.4. The van der Waals surface area contributed by atoms with E-state index in [1.165, 1.54) is 11.3 Å². The minimum Gasteiger partial charge on any atom is -0.497 e. The summed E-state index contributed by atoms with van der Waals surface area (Å²) in [4.78, 5) is 27.6. The Kier molecular flexibility index (Phi) is 5.87. The summed E-state index contributed by atoms with van der Waals surface area (Å²) in [5, 5.41) is 5.15. The summed E-state index contributed by atoms with van der Waals surface area (Å²) >= 11 is 1.33. The number of nitrogens with one attached hydrogen (secondary N) is 1. The van der Waals surface area contributed by atoms with E-state index in [0.29, 0.717) is 34.6 Å². The van der Waals surface area contributed by atoms with Gasteiger partial charge in [-0.2, -0.15) is 0 Å². The van der Waals surface area contributed by atoms with Crippen molar-refractivity contribution in [1.29, 1.82) is 0 Å². The molecule has 2 aromatic heterocycles. The van der Waals surface area contributed by atoms with Crippen molar-refractivity contribution in [3.05, 3.63) is 47.6 Å². The second-order valence-electron chi connectivity index (χ2n) is 5.65. The zero-order chi connectivity index (χ0) is 19.2. The maximum Gasteiger partial charge on any atom is 0.227 e. The zero-order valence-electron chi connectivity index (χ0n) is 15.0. The van der Waals surface area contributed by atoms with Crippen molar-refractivity contribution in [2.45, 2.75) is 13.0 Å². The Morgan fingerprint density at radius 1 is 1.30 bits per heavy atom. The number of aryl methyl sites for hydroxylation is 1. The predicted molar refractivity (Wildman–Crippen MR) is 104 cm³/mol. The summed E-state index contributed by atoms with van der Waals surface area (Å²) in [6, 6.07) is 8.95. The van der Waals surface area contributed by atoms with Gasteiger partial charge in [-0.25, -0.2) is 4.98 Å². The largest absolute Gasteiger partial charge is 0.497 e. The molecule has 0 atom stereocenters. The first kappa shape index (κ1) is 18.7. The van der Waals surface area contributed by atoms with Gasteiger partial charge in [-0.05, 0) is 30.3 Å². The van der Waals surface area contributed by atoms with Crippen LogP contribution in [0, 0.1) is 0 Å². The van der Waals surface area contributed by atoms with Crippen LogP contribution in [0.3, 0.4) is 0 Å². The number of aldehydes is 1. The second kappa shape index (κ2) is 8.50. The molecule has 1 aromatic carbocycles. The van der Waals surface area contributed by atoms with E-state index in [0.717, 1.165) is 11.8 Å². The van der Waals surface area contributed by atoms with E-state index >= 15 is 0 Å². The molecule has 0 aliphatic rings. The molecule has 2 heterocycles. The Hall–Kier alpha value is -3.13. The Labute approximate surface area is 160 Å². The van der Waals surface area contributed by atoms with Gasteiger partial charge < -0.3 is 19.4 Å². The van der Waals surface area contributed by atoms with Crippen molar-refractivity contribution in [1.82, 2.24) is 9.55 Å². The average Bonchev–Trinajstić information content (AvgIpc) is 3.34. The predicted octanol–water partition coefficient (Wildman–Crippen LogP) is 3.47. The van der Waals surface area contributed by atoms with Gasteiger partial charge in [-0.1, -0.05) is 0 Å². The van der Waals surface area contributed by atoms with Crippen LogP contribution in [0.25, 0.3) is 11.3 Å². The number of amides is 1. The van der Waals surface area contributed by atoms with Crippen LogP contribution in [-0.2, 0) is 11.3 Å². The lowest BCUT2D eigenvalue weighted by molar-refractivity contribution is -0.116. The summed E-state index contributed by atoms with van der Waals surface area (Å²) in [5.74, 6) is 1.20. The van der Waals surface area contributed by atoms with Crippen molar-refractivity contribution in [3.63, 3.8) is 0 Å². The molecule has 0 aliphatic heterocycles. The molecule has 0 bridgehead atoms. The topological polar surface area (TPSA) is 82.5 Å². The van der Waals surface area contributed by atoms with Crippen LogP contribution in [-0.4, -0.2) is 36.0 Å². The molecule has 140 valence electrons. The monoisotopic (exact) mass is 385 g/mol. The molecule has 0 spiro atoms. The summed E-state index contributed by atoms with van der Waals surface area (Å²) in [7, 11) is 3.19. The maximum absolute atomic E-state index is 12.2. The van der Waals surface area contributed by atoms with Gasteiger partial charge in [0.2, 0.25) is 5.91 Å². The number of nitrogens with zero attached hydrogens (tertiary/aromatic N) is 2. The molecule has 3 rings (SSSR count). The molecular weight excluding hydrogens is 366 g/mol. The molecule has 0 radical (unpaired) electrons. The van der Waals surface area contributed by atoms with Gasteiger partial charge in [0.25, 0.3) is 0 Å². The number of methoxy groups -OCH3 is 2. The van der Waals surface area contributed by atoms with Crippen LogP contribution < -0.4 is 14.8 Å². The summed E-state index contributed by atoms with van der Waals surface area (Å²) in [6.07, 6.45) is 2.78. The van der Waals surface area contributed by atoms with Crippen LogP contribution in [0.5, 0.6) is 11.5 Å². The number of carbonyl (C=O) groups is 2. The van der Waals surface area contributed by atoms with Crippen molar-refractivity contribution in [2.75, 3.05) is 19.5 Å². The van der Waals surface area contributed by atoms with E-state index in [9.17, 15) is 9.59 Å². The Morgan fingerprint density at radius 3 is 2.89 bits per heavy atom. The third-order valence-corrected chi connectivity index (χ3v) is 4.76. The minimum atomic E-state index is -0.168. The van der Waals surface area contributed by atoms with E-state index in [-0.39, 0.29) is 12.3 Å². The Morgan fingerprint density at radius 2 is 2.15 bits per heavy atom. The third-order valence-electron chi connectivity index (χ3n) is 4.00. The van der Waals surface area contributed by atoms with E-state index in [4.69, 9.17) is 9.47 Å². The summed E-state index contributed by atoms with van der Waals surface area (Å²) < 4.78 is 12.4. The van der Waals surface area contributed by atoms with Crippen LogP contribution >= 0.6 is 11.3 Å². The molecule has 0 fully saturated rings.